The first-order chi connectivity index (χ1) is 13.5. The van der Waals surface area contributed by atoms with Gasteiger partial charge in [-0.3, -0.25) is 4.79 Å². The molecule has 0 saturated heterocycles. The Balaban J connectivity index is 2.67. The Bertz CT molecular complexity index is 558. The van der Waals surface area contributed by atoms with Gasteiger partial charge in [0.1, 0.15) is 11.8 Å². The summed E-state index contributed by atoms with van der Waals surface area (Å²) in [6.45, 7) is 4.32. The van der Waals surface area contributed by atoms with E-state index in [1.54, 1.807) is 12.1 Å². The molecule has 0 saturated carbocycles. The minimum Gasteiger partial charge on any atom is -0.508 e. The molecule has 1 atom stereocenters. The second kappa shape index (κ2) is 14.0. The molecule has 0 fully saturated rings. The number of carbonyl (C=O) groups is 2. The highest BCUT2D eigenvalue weighted by Gasteiger charge is 2.25. The molecule has 158 valence electrons. The number of phenols is 1. The number of unbranched alkanes of at least 4 members (excludes halogenated alkanes) is 6. The highest BCUT2D eigenvalue weighted by molar-refractivity contribution is 5.85. The van der Waals surface area contributed by atoms with Gasteiger partial charge in [0.2, 0.25) is 5.91 Å². The molecule has 1 aromatic rings. The number of carboxylic acid groups (broad SMARTS) is 1. The van der Waals surface area contributed by atoms with Crippen LogP contribution in [0.15, 0.2) is 24.3 Å². The van der Waals surface area contributed by atoms with E-state index in [0.29, 0.717) is 0 Å². The van der Waals surface area contributed by atoms with Gasteiger partial charge in [-0.1, -0.05) is 77.3 Å². The lowest BCUT2D eigenvalue weighted by Crippen LogP contribution is -2.45. The van der Waals surface area contributed by atoms with Crippen molar-refractivity contribution in [2.24, 2.45) is 5.92 Å². The first-order valence-corrected chi connectivity index (χ1v) is 10.8. The molecule has 1 aromatic carbocycles. The van der Waals surface area contributed by atoms with Crippen LogP contribution in [-0.4, -0.2) is 28.1 Å². The van der Waals surface area contributed by atoms with E-state index < -0.39 is 12.0 Å². The smallest absolute Gasteiger partial charge is 0.326 e. The number of rotatable bonds is 15. The SMILES string of the molecule is CCCCCCC(CCCCCC)C(=O)N[C@@H](Cc1ccc(O)cc1)C(=O)O. The van der Waals surface area contributed by atoms with Crippen LogP contribution in [0.4, 0.5) is 0 Å². The third kappa shape index (κ3) is 9.77. The van der Waals surface area contributed by atoms with Crippen LogP contribution in [0.3, 0.4) is 0 Å². The number of carbonyl (C=O) groups excluding carboxylic acids is 1. The van der Waals surface area contributed by atoms with Crippen molar-refractivity contribution in [3.05, 3.63) is 29.8 Å². The normalized spacial score (nSPS) is 12.1. The lowest BCUT2D eigenvalue weighted by Gasteiger charge is -2.21. The number of hydrogen-bond donors (Lipinski definition) is 3. The summed E-state index contributed by atoms with van der Waals surface area (Å²) in [4.78, 5) is 24.5. The zero-order valence-corrected chi connectivity index (χ0v) is 17.5. The number of phenolic OH excluding ortho intramolecular Hbond substituents is 1. The summed E-state index contributed by atoms with van der Waals surface area (Å²) in [6.07, 6.45) is 10.8. The lowest BCUT2D eigenvalue weighted by atomic mass is 9.93. The third-order valence-corrected chi connectivity index (χ3v) is 5.17. The van der Waals surface area contributed by atoms with Crippen molar-refractivity contribution in [3.63, 3.8) is 0 Å². The van der Waals surface area contributed by atoms with Gasteiger partial charge in [-0.25, -0.2) is 4.79 Å². The van der Waals surface area contributed by atoms with Crippen LogP contribution in [-0.2, 0) is 16.0 Å². The van der Waals surface area contributed by atoms with Crippen molar-refractivity contribution in [3.8, 4) is 5.75 Å². The standard InChI is InChI=1S/C23H37NO4/c1-3-5-7-9-11-19(12-10-8-6-4-2)22(26)24-21(23(27)28)17-18-13-15-20(25)16-14-18/h13-16,19,21,25H,3-12,17H2,1-2H3,(H,24,26)(H,27,28)/t21-/m0/s1. The zero-order chi connectivity index (χ0) is 20.8. The van der Waals surface area contributed by atoms with Crippen LogP contribution in [0.2, 0.25) is 0 Å². The van der Waals surface area contributed by atoms with Crippen molar-refractivity contribution in [2.75, 3.05) is 0 Å². The van der Waals surface area contributed by atoms with E-state index in [2.05, 4.69) is 19.2 Å². The number of benzene rings is 1. The van der Waals surface area contributed by atoms with E-state index in [9.17, 15) is 19.8 Å². The van der Waals surface area contributed by atoms with Gasteiger partial charge in [0.25, 0.3) is 0 Å². The quantitative estimate of drug-likeness (QED) is 0.365. The average Bonchev–Trinajstić information content (AvgIpc) is 2.67. The molecule has 5 heteroatoms. The van der Waals surface area contributed by atoms with Crippen LogP contribution in [0.25, 0.3) is 0 Å². The summed E-state index contributed by atoms with van der Waals surface area (Å²) in [5.74, 6) is -1.15. The summed E-state index contributed by atoms with van der Waals surface area (Å²) >= 11 is 0. The van der Waals surface area contributed by atoms with Crippen LogP contribution >= 0.6 is 0 Å². The Labute approximate surface area is 169 Å². The molecule has 3 N–H and O–H groups in total. The molecule has 0 bridgehead atoms. The molecule has 0 heterocycles. The van der Waals surface area contributed by atoms with Crippen molar-refractivity contribution < 1.29 is 19.8 Å². The molecule has 0 radical (unpaired) electrons. The fourth-order valence-electron chi connectivity index (χ4n) is 3.40. The van der Waals surface area contributed by atoms with Crippen LogP contribution in [0.5, 0.6) is 5.75 Å². The second-order valence-electron chi connectivity index (χ2n) is 7.67. The van der Waals surface area contributed by atoms with Gasteiger partial charge < -0.3 is 15.5 Å². The molecule has 0 spiro atoms. The van der Waals surface area contributed by atoms with E-state index in [-0.39, 0.29) is 24.0 Å². The molecule has 0 aliphatic carbocycles. The van der Waals surface area contributed by atoms with Crippen LogP contribution in [0, 0.1) is 5.92 Å². The van der Waals surface area contributed by atoms with Gasteiger partial charge in [-0.05, 0) is 30.5 Å². The molecular weight excluding hydrogens is 354 g/mol. The molecule has 0 aromatic heterocycles. The summed E-state index contributed by atoms with van der Waals surface area (Å²) in [5.41, 5.74) is 0.771. The topological polar surface area (TPSA) is 86.6 Å². The van der Waals surface area contributed by atoms with Gasteiger partial charge in [0.05, 0.1) is 0 Å². The van der Waals surface area contributed by atoms with Crippen LogP contribution < -0.4 is 5.32 Å². The van der Waals surface area contributed by atoms with E-state index in [0.717, 1.165) is 56.9 Å². The monoisotopic (exact) mass is 391 g/mol. The molecule has 0 unspecified atom stereocenters. The number of nitrogens with one attached hydrogen (secondary N) is 1. The highest BCUT2D eigenvalue weighted by atomic mass is 16.4. The van der Waals surface area contributed by atoms with Crippen LogP contribution in [0.1, 0.15) is 83.6 Å². The van der Waals surface area contributed by atoms with Crippen molar-refractivity contribution in [1.29, 1.82) is 0 Å². The Morgan fingerprint density at radius 3 is 1.89 bits per heavy atom. The molecule has 0 aliphatic rings. The van der Waals surface area contributed by atoms with Crippen molar-refractivity contribution in [2.45, 2.75) is 90.5 Å². The molecular formula is C23H37NO4. The Hall–Kier alpha value is -2.04. The minimum atomic E-state index is -1.03. The summed E-state index contributed by atoms with van der Waals surface area (Å²) < 4.78 is 0. The molecule has 1 rings (SSSR count). The highest BCUT2D eigenvalue weighted by Crippen LogP contribution is 2.19. The second-order valence-corrected chi connectivity index (χ2v) is 7.67. The van der Waals surface area contributed by atoms with Gasteiger partial charge in [-0.15, -0.1) is 0 Å². The Morgan fingerprint density at radius 1 is 0.893 bits per heavy atom. The largest absolute Gasteiger partial charge is 0.508 e. The van der Waals surface area contributed by atoms with Gasteiger partial charge in [0.15, 0.2) is 0 Å². The zero-order valence-electron chi connectivity index (χ0n) is 17.5. The van der Waals surface area contributed by atoms with E-state index in [1.807, 2.05) is 0 Å². The molecule has 0 aliphatic heterocycles. The average molecular weight is 392 g/mol. The number of carboxylic acids is 1. The minimum absolute atomic E-state index is 0.115. The summed E-state index contributed by atoms with van der Waals surface area (Å²) in [7, 11) is 0. The summed E-state index contributed by atoms with van der Waals surface area (Å²) in [6, 6.07) is 5.47. The van der Waals surface area contributed by atoms with E-state index >= 15 is 0 Å². The Morgan fingerprint density at radius 2 is 1.43 bits per heavy atom. The predicted octanol–water partition coefficient (Wildman–Crippen LogP) is 5.06. The van der Waals surface area contributed by atoms with Gasteiger partial charge >= 0.3 is 5.97 Å². The maximum Gasteiger partial charge on any atom is 0.326 e. The molecule has 1 amide bonds. The van der Waals surface area contributed by atoms with Crippen molar-refractivity contribution in [1.82, 2.24) is 5.32 Å². The van der Waals surface area contributed by atoms with Gasteiger partial charge in [-0.2, -0.15) is 0 Å². The first kappa shape index (κ1) is 24.0. The molecule has 28 heavy (non-hydrogen) atoms. The number of hydrogen-bond acceptors (Lipinski definition) is 3. The number of aromatic hydroxyl groups is 1. The summed E-state index contributed by atoms with van der Waals surface area (Å²) in [5, 5.41) is 21.7. The van der Waals surface area contributed by atoms with Crippen molar-refractivity contribution >= 4 is 11.9 Å². The lowest BCUT2D eigenvalue weighted by molar-refractivity contribution is -0.142. The number of aliphatic carboxylic acids is 1. The first-order valence-electron chi connectivity index (χ1n) is 10.8. The fraction of sp³-hybridized carbons (Fsp3) is 0.652. The predicted molar refractivity (Wildman–Crippen MR) is 112 cm³/mol. The van der Waals surface area contributed by atoms with Gasteiger partial charge in [0, 0.05) is 12.3 Å². The van der Waals surface area contributed by atoms with E-state index in [4.69, 9.17) is 0 Å². The Kier molecular flexibility index (Phi) is 12.0. The number of amides is 1. The fourth-order valence-corrected chi connectivity index (χ4v) is 3.40. The van der Waals surface area contributed by atoms with E-state index in [1.165, 1.54) is 25.0 Å². The maximum absolute atomic E-state index is 12.8. The maximum atomic E-state index is 12.8. The third-order valence-electron chi connectivity index (χ3n) is 5.17. The molecule has 5 nitrogen and oxygen atoms in total.